The molecule has 0 aliphatic rings. The van der Waals surface area contributed by atoms with Crippen molar-refractivity contribution in [2.45, 2.75) is 26.8 Å². The summed E-state index contributed by atoms with van der Waals surface area (Å²) in [4.78, 5) is 31.5. The van der Waals surface area contributed by atoms with Gasteiger partial charge in [-0.2, -0.15) is 0 Å². The van der Waals surface area contributed by atoms with Crippen molar-refractivity contribution >= 4 is 17.5 Å². The lowest BCUT2D eigenvalue weighted by Gasteiger charge is -2.21. The van der Waals surface area contributed by atoms with Crippen LogP contribution in [0.4, 0.5) is 5.69 Å². The van der Waals surface area contributed by atoms with Gasteiger partial charge < -0.3 is 10.2 Å². The number of rotatable bonds is 7. The fourth-order valence-electron chi connectivity index (χ4n) is 3.14. The number of hydrogen-bond acceptors (Lipinski definition) is 3. The van der Waals surface area contributed by atoms with E-state index in [0.29, 0.717) is 24.2 Å². The Labute approximate surface area is 171 Å². The van der Waals surface area contributed by atoms with E-state index < -0.39 is 0 Å². The number of carbonyl (C=O) groups excluding carboxylic acids is 2. The fourth-order valence-corrected chi connectivity index (χ4v) is 3.14. The predicted molar refractivity (Wildman–Crippen MR) is 115 cm³/mol. The van der Waals surface area contributed by atoms with Gasteiger partial charge in [0.05, 0.1) is 11.1 Å². The summed E-state index contributed by atoms with van der Waals surface area (Å²) in [5, 5.41) is 2.92. The second-order valence-electron chi connectivity index (χ2n) is 6.73. The molecule has 1 aromatic heterocycles. The Morgan fingerprint density at radius 3 is 2.34 bits per heavy atom. The molecule has 0 radical (unpaired) electrons. The van der Waals surface area contributed by atoms with Crippen molar-refractivity contribution < 1.29 is 9.59 Å². The highest BCUT2D eigenvalue weighted by molar-refractivity contribution is 6.06. The topological polar surface area (TPSA) is 62.3 Å². The first-order valence-electron chi connectivity index (χ1n) is 9.79. The molecule has 0 saturated heterocycles. The molecule has 148 valence electrons. The second kappa shape index (κ2) is 9.64. The van der Waals surface area contributed by atoms with Crippen molar-refractivity contribution in [3.63, 3.8) is 0 Å². The Bertz CT molecular complexity index is 986. The number of anilines is 1. The van der Waals surface area contributed by atoms with Crippen molar-refractivity contribution in [2.24, 2.45) is 0 Å². The fraction of sp³-hybridized carbons (Fsp3) is 0.208. The Kier molecular flexibility index (Phi) is 6.74. The molecular weight excluding hydrogens is 362 g/mol. The van der Waals surface area contributed by atoms with Crippen LogP contribution in [0.1, 0.15) is 45.7 Å². The van der Waals surface area contributed by atoms with Crippen molar-refractivity contribution in [1.29, 1.82) is 0 Å². The molecule has 0 fully saturated rings. The Morgan fingerprint density at radius 1 is 0.931 bits per heavy atom. The van der Waals surface area contributed by atoms with E-state index in [2.05, 4.69) is 10.3 Å². The van der Waals surface area contributed by atoms with Crippen molar-refractivity contribution in [3.05, 3.63) is 95.3 Å². The van der Waals surface area contributed by atoms with Crippen molar-refractivity contribution in [1.82, 2.24) is 9.88 Å². The van der Waals surface area contributed by atoms with Gasteiger partial charge in [0.2, 0.25) is 0 Å². The van der Waals surface area contributed by atoms with Gasteiger partial charge in [0.15, 0.2) is 0 Å². The van der Waals surface area contributed by atoms with E-state index in [1.54, 1.807) is 11.0 Å². The number of carbonyl (C=O) groups is 2. The van der Waals surface area contributed by atoms with Crippen molar-refractivity contribution in [3.8, 4) is 0 Å². The molecule has 29 heavy (non-hydrogen) atoms. The molecule has 2 aromatic carbocycles. The number of benzene rings is 2. The van der Waals surface area contributed by atoms with Gasteiger partial charge in [0.1, 0.15) is 0 Å². The molecule has 3 aromatic rings. The van der Waals surface area contributed by atoms with Crippen LogP contribution in [0.3, 0.4) is 0 Å². The summed E-state index contributed by atoms with van der Waals surface area (Å²) in [6.07, 6.45) is 3.80. The smallest absolute Gasteiger partial charge is 0.257 e. The average molecular weight is 387 g/mol. The van der Waals surface area contributed by atoms with Gasteiger partial charge in [-0.05, 0) is 36.6 Å². The molecule has 0 atom stereocenters. The molecule has 5 heteroatoms. The number of aryl methyl sites for hydroxylation is 1. The number of aromatic nitrogens is 1. The number of nitrogens with one attached hydrogen (secondary N) is 1. The van der Waals surface area contributed by atoms with Crippen LogP contribution >= 0.6 is 0 Å². The van der Waals surface area contributed by atoms with Crippen LogP contribution in [0.2, 0.25) is 0 Å². The Morgan fingerprint density at radius 2 is 1.62 bits per heavy atom. The minimum atomic E-state index is -0.279. The normalized spacial score (nSPS) is 10.4. The van der Waals surface area contributed by atoms with E-state index >= 15 is 0 Å². The van der Waals surface area contributed by atoms with Gasteiger partial charge in [-0.3, -0.25) is 14.6 Å². The first-order valence-corrected chi connectivity index (χ1v) is 9.79. The summed E-state index contributed by atoms with van der Waals surface area (Å²) in [6.45, 7) is 5.05. The monoisotopic (exact) mass is 387 g/mol. The van der Waals surface area contributed by atoms with E-state index in [9.17, 15) is 9.59 Å². The van der Waals surface area contributed by atoms with Crippen LogP contribution in [-0.2, 0) is 13.0 Å². The molecule has 0 aliphatic carbocycles. The zero-order chi connectivity index (χ0) is 20.6. The zero-order valence-corrected chi connectivity index (χ0v) is 16.8. The lowest BCUT2D eigenvalue weighted by atomic mass is 10.1. The lowest BCUT2D eigenvalue weighted by molar-refractivity contribution is 0.0752. The summed E-state index contributed by atoms with van der Waals surface area (Å²) in [7, 11) is 0. The molecule has 0 spiro atoms. The minimum Gasteiger partial charge on any atom is -0.335 e. The highest BCUT2D eigenvalue weighted by atomic mass is 16.2. The predicted octanol–water partition coefficient (Wildman–Crippen LogP) is 4.56. The van der Waals surface area contributed by atoms with Gasteiger partial charge >= 0.3 is 0 Å². The van der Waals surface area contributed by atoms with Crippen LogP contribution in [0, 0.1) is 0 Å². The molecule has 0 aliphatic heterocycles. The molecule has 5 nitrogen and oxygen atoms in total. The van der Waals surface area contributed by atoms with Crippen LogP contribution in [0.5, 0.6) is 0 Å². The molecule has 2 amide bonds. The summed E-state index contributed by atoms with van der Waals surface area (Å²) >= 11 is 0. The molecular formula is C24H25N3O2. The molecule has 0 unspecified atom stereocenters. The molecule has 0 bridgehead atoms. The average Bonchev–Trinajstić information content (AvgIpc) is 2.78. The van der Waals surface area contributed by atoms with E-state index in [1.807, 2.05) is 68.4 Å². The van der Waals surface area contributed by atoms with Crippen LogP contribution in [-0.4, -0.2) is 28.2 Å². The minimum absolute atomic E-state index is 0.146. The maximum Gasteiger partial charge on any atom is 0.257 e. The third-order valence-electron chi connectivity index (χ3n) is 4.78. The maximum atomic E-state index is 13.0. The quantitative estimate of drug-likeness (QED) is 0.646. The zero-order valence-electron chi connectivity index (χ0n) is 16.8. The van der Waals surface area contributed by atoms with Crippen molar-refractivity contribution in [2.75, 3.05) is 11.9 Å². The standard InChI is InChI=1S/C24H25N3O2/c1-3-19-12-8-9-13-22(19)26-23(28)20-14-21(16-25-15-20)24(29)27(4-2)17-18-10-6-5-7-11-18/h5-16H,3-4,17H2,1-2H3,(H,26,28). The van der Waals surface area contributed by atoms with Gasteiger partial charge in [0.25, 0.3) is 11.8 Å². The number of hydrogen-bond donors (Lipinski definition) is 1. The van der Waals surface area contributed by atoms with Crippen LogP contribution < -0.4 is 5.32 Å². The highest BCUT2D eigenvalue weighted by Crippen LogP contribution is 2.17. The lowest BCUT2D eigenvalue weighted by Crippen LogP contribution is -2.30. The number of para-hydroxylation sites is 1. The maximum absolute atomic E-state index is 13.0. The van der Waals surface area contributed by atoms with Gasteiger partial charge in [-0.15, -0.1) is 0 Å². The third-order valence-corrected chi connectivity index (χ3v) is 4.78. The Hall–Kier alpha value is -3.47. The van der Waals surface area contributed by atoms with Gasteiger partial charge in [-0.1, -0.05) is 55.5 Å². The molecule has 1 heterocycles. The molecule has 0 saturated carbocycles. The SMILES string of the molecule is CCc1ccccc1NC(=O)c1cncc(C(=O)N(CC)Cc2ccccc2)c1. The van der Waals surface area contributed by atoms with E-state index in [4.69, 9.17) is 0 Å². The molecule has 3 rings (SSSR count). The highest BCUT2D eigenvalue weighted by Gasteiger charge is 2.17. The van der Waals surface area contributed by atoms with E-state index in [1.165, 1.54) is 12.4 Å². The molecule has 1 N–H and O–H groups in total. The van der Waals surface area contributed by atoms with Crippen LogP contribution in [0.15, 0.2) is 73.1 Å². The first-order chi connectivity index (χ1) is 14.1. The van der Waals surface area contributed by atoms with E-state index in [-0.39, 0.29) is 11.8 Å². The third kappa shape index (κ3) is 5.08. The van der Waals surface area contributed by atoms with Gasteiger partial charge in [-0.25, -0.2) is 0 Å². The summed E-state index contributed by atoms with van der Waals surface area (Å²) in [5.41, 5.74) is 3.65. The summed E-state index contributed by atoms with van der Waals surface area (Å²) in [6, 6.07) is 19.1. The second-order valence-corrected chi connectivity index (χ2v) is 6.73. The number of nitrogens with zero attached hydrogens (tertiary/aromatic N) is 2. The largest absolute Gasteiger partial charge is 0.335 e. The number of amides is 2. The summed E-state index contributed by atoms with van der Waals surface area (Å²) in [5.74, 6) is -0.424. The van der Waals surface area contributed by atoms with Crippen LogP contribution in [0.25, 0.3) is 0 Å². The van der Waals surface area contributed by atoms with E-state index in [0.717, 1.165) is 23.2 Å². The first kappa shape index (κ1) is 20.3. The Balaban J connectivity index is 1.77. The van der Waals surface area contributed by atoms with Gasteiger partial charge in [0, 0.05) is 31.2 Å². The number of pyridine rings is 1. The summed E-state index contributed by atoms with van der Waals surface area (Å²) < 4.78 is 0.